The van der Waals surface area contributed by atoms with E-state index in [1.54, 1.807) is 24.3 Å². The van der Waals surface area contributed by atoms with E-state index in [1.807, 2.05) is 6.07 Å². The SMILES string of the molecule is O=S(=O)(CCCCCCOC1CCCCO1)c1ccccc1. The fourth-order valence-electron chi connectivity index (χ4n) is 2.55. The fraction of sp³-hybridized carbons (Fsp3) is 0.647. The zero-order chi connectivity index (χ0) is 15.7. The van der Waals surface area contributed by atoms with Crippen molar-refractivity contribution in [2.45, 2.75) is 56.1 Å². The van der Waals surface area contributed by atoms with Crippen LogP contribution in [0.2, 0.25) is 0 Å². The first-order chi connectivity index (χ1) is 10.7. The molecule has 22 heavy (non-hydrogen) atoms. The van der Waals surface area contributed by atoms with E-state index in [-0.39, 0.29) is 12.0 Å². The number of ether oxygens (including phenoxy) is 2. The van der Waals surface area contributed by atoms with Crippen LogP contribution in [-0.2, 0) is 19.3 Å². The molecule has 1 aromatic rings. The van der Waals surface area contributed by atoms with Gasteiger partial charge in [0.05, 0.1) is 10.6 Å². The Hall–Kier alpha value is -0.910. The van der Waals surface area contributed by atoms with E-state index in [0.29, 0.717) is 17.9 Å². The molecule has 0 bridgehead atoms. The van der Waals surface area contributed by atoms with Crippen molar-refractivity contribution in [3.05, 3.63) is 30.3 Å². The lowest BCUT2D eigenvalue weighted by Crippen LogP contribution is -2.22. The summed E-state index contributed by atoms with van der Waals surface area (Å²) in [6.45, 7) is 1.51. The summed E-state index contributed by atoms with van der Waals surface area (Å²) < 4.78 is 35.3. The molecule has 0 amide bonds. The van der Waals surface area contributed by atoms with Crippen LogP contribution < -0.4 is 0 Å². The predicted octanol–water partition coefficient (Wildman–Crippen LogP) is 3.56. The van der Waals surface area contributed by atoms with E-state index >= 15 is 0 Å². The molecule has 1 heterocycles. The zero-order valence-electron chi connectivity index (χ0n) is 13.1. The normalized spacial score (nSPS) is 19.2. The third kappa shape index (κ3) is 6.07. The van der Waals surface area contributed by atoms with Gasteiger partial charge in [-0.1, -0.05) is 31.0 Å². The molecule has 1 fully saturated rings. The lowest BCUT2D eigenvalue weighted by Gasteiger charge is -2.22. The lowest BCUT2D eigenvalue weighted by molar-refractivity contribution is -0.162. The van der Waals surface area contributed by atoms with E-state index in [4.69, 9.17) is 9.47 Å². The summed E-state index contributed by atoms with van der Waals surface area (Å²) >= 11 is 0. The first-order valence-electron chi connectivity index (χ1n) is 8.19. The molecule has 1 aromatic carbocycles. The molecule has 0 saturated carbocycles. The molecule has 1 atom stereocenters. The Morgan fingerprint density at radius 3 is 2.55 bits per heavy atom. The maximum Gasteiger partial charge on any atom is 0.178 e. The minimum atomic E-state index is -3.12. The Balaban J connectivity index is 1.54. The Labute approximate surface area is 133 Å². The van der Waals surface area contributed by atoms with Gasteiger partial charge in [-0.15, -0.1) is 0 Å². The topological polar surface area (TPSA) is 52.6 Å². The number of hydrogen-bond acceptors (Lipinski definition) is 4. The van der Waals surface area contributed by atoms with Gasteiger partial charge < -0.3 is 9.47 Å². The van der Waals surface area contributed by atoms with Crippen LogP contribution in [0.1, 0.15) is 44.9 Å². The van der Waals surface area contributed by atoms with Crippen LogP contribution >= 0.6 is 0 Å². The second-order valence-corrected chi connectivity index (χ2v) is 7.82. The monoisotopic (exact) mass is 326 g/mol. The maximum absolute atomic E-state index is 12.1. The van der Waals surface area contributed by atoms with Gasteiger partial charge >= 0.3 is 0 Å². The molecule has 1 saturated heterocycles. The number of hydrogen-bond donors (Lipinski definition) is 0. The molecule has 0 spiro atoms. The average Bonchev–Trinajstić information content (AvgIpc) is 2.56. The Bertz CT molecular complexity index is 507. The van der Waals surface area contributed by atoms with Crippen LogP contribution in [0.15, 0.2) is 35.2 Å². The molecule has 0 aliphatic carbocycles. The number of benzene rings is 1. The molecule has 1 unspecified atom stereocenters. The van der Waals surface area contributed by atoms with Crippen LogP contribution in [0.25, 0.3) is 0 Å². The molecule has 0 aromatic heterocycles. The summed E-state index contributed by atoms with van der Waals surface area (Å²) in [6.07, 6.45) is 6.88. The first-order valence-corrected chi connectivity index (χ1v) is 9.85. The van der Waals surface area contributed by atoms with Crippen LogP contribution in [0.3, 0.4) is 0 Å². The Morgan fingerprint density at radius 1 is 1.05 bits per heavy atom. The molecule has 5 heteroatoms. The molecular weight excluding hydrogens is 300 g/mol. The summed E-state index contributed by atoms with van der Waals surface area (Å²) in [5.41, 5.74) is 0. The van der Waals surface area contributed by atoms with E-state index in [0.717, 1.165) is 38.7 Å². The van der Waals surface area contributed by atoms with E-state index in [2.05, 4.69) is 0 Å². The van der Waals surface area contributed by atoms with Crippen molar-refractivity contribution >= 4 is 9.84 Å². The largest absolute Gasteiger partial charge is 0.353 e. The van der Waals surface area contributed by atoms with E-state index in [9.17, 15) is 8.42 Å². The van der Waals surface area contributed by atoms with Crippen LogP contribution in [0.5, 0.6) is 0 Å². The Morgan fingerprint density at radius 2 is 1.82 bits per heavy atom. The molecule has 0 radical (unpaired) electrons. The van der Waals surface area contributed by atoms with Crippen molar-refractivity contribution in [3.63, 3.8) is 0 Å². The smallest absolute Gasteiger partial charge is 0.178 e. The van der Waals surface area contributed by atoms with Crippen molar-refractivity contribution in [1.29, 1.82) is 0 Å². The third-order valence-electron chi connectivity index (χ3n) is 3.85. The minimum absolute atomic E-state index is 0.0211. The van der Waals surface area contributed by atoms with Gasteiger partial charge in [0.25, 0.3) is 0 Å². The van der Waals surface area contributed by atoms with Crippen molar-refractivity contribution in [2.24, 2.45) is 0 Å². The van der Waals surface area contributed by atoms with Crippen LogP contribution in [0.4, 0.5) is 0 Å². The molecule has 1 aliphatic rings. The lowest BCUT2D eigenvalue weighted by atomic mass is 10.2. The molecule has 0 N–H and O–H groups in total. The average molecular weight is 326 g/mol. The standard InChI is InChI=1S/C17H26O4S/c18-22(19,16-10-4-3-5-11-16)15-9-2-1-7-13-20-17-12-6-8-14-21-17/h3-5,10-11,17H,1-2,6-9,12-15H2. The minimum Gasteiger partial charge on any atom is -0.353 e. The Kier molecular flexibility index (Phi) is 7.36. The summed E-state index contributed by atoms with van der Waals surface area (Å²) in [5, 5.41) is 0. The second kappa shape index (κ2) is 9.28. The molecule has 124 valence electrons. The highest BCUT2D eigenvalue weighted by atomic mass is 32.2. The van der Waals surface area contributed by atoms with Crippen molar-refractivity contribution in [1.82, 2.24) is 0 Å². The van der Waals surface area contributed by atoms with Gasteiger partial charge in [-0.2, -0.15) is 0 Å². The van der Waals surface area contributed by atoms with E-state index < -0.39 is 9.84 Å². The highest BCUT2D eigenvalue weighted by molar-refractivity contribution is 7.91. The molecule has 4 nitrogen and oxygen atoms in total. The van der Waals surface area contributed by atoms with Crippen molar-refractivity contribution < 1.29 is 17.9 Å². The zero-order valence-corrected chi connectivity index (χ0v) is 13.9. The van der Waals surface area contributed by atoms with Gasteiger partial charge in [0.2, 0.25) is 0 Å². The van der Waals surface area contributed by atoms with Gasteiger partial charge in [-0.3, -0.25) is 0 Å². The number of unbranched alkanes of at least 4 members (excludes halogenated alkanes) is 3. The quantitative estimate of drug-likeness (QED) is 0.651. The number of rotatable bonds is 9. The highest BCUT2D eigenvalue weighted by Gasteiger charge is 2.14. The second-order valence-electron chi connectivity index (χ2n) is 5.71. The van der Waals surface area contributed by atoms with Crippen LogP contribution in [0, 0.1) is 0 Å². The van der Waals surface area contributed by atoms with Crippen molar-refractivity contribution in [2.75, 3.05) is 19.0 Å². The summed E-state index contributed by atoms with van der Waals surface area (Å²) in [4.78, 5) is 0.424. The molecular formula is C17H26O4S. The fourth-order valence-corrected chi connectivity index (χ4v) is 3.94. The molecule has 2 rings (SSSR count). The van der Waals surface area contributed by atoms with E-state index in [1.165, 1.54) is 6.42 Å². The maximum atomic E-state index is 12.1. The summed E-state index contributed by atoms with van der Waals surface area (Å²) in [7, 11) is -3.12. The van der Waals surface area contributed by atoms with Crippen LogP contribution in [-0.4, -0.2) is 33.7 Å². The third-order valence-corrected chi connectivity index (χ3v) is 5.67. The summed E-state index contributed by atoms with van der Waals surface area (Å²) in [5.74, 6) is 0.226. The van der Waals surface area contributed by atoms with Gasteiger partial charge in [0.1, 0.15) is 0 Å². The predicted molar refractivity (Wildman–Crippen MR) is 86.5 cm³/mol. The highest BCUT2D eigenvalue weighted by Crippen LogP contribution is 2.15. The first kappa shape index (κ1) is 17.4. The van der Waals surface area contributed by atoms with Gasteiger partial charge in [-0.05, 0) is 44.2 Å². The van der Waals surface area contributed by atoms with Gasteiger partial charge in [-0.25, -0.2) is 8.42 Å². The summed E-state index contributed by atoms with van der Waals surface area (Å²) in [6, 6.07) is 8.67. The number of sulfone groups is 1. The van der Waals surface area contributed by atoms with Crippen molar-refractivity contribution in [3.8, 4) is 0 Å². The molecule has 1 aliphatic heterocycles. The van der Waals surface area contributed by atoms with Gasteiger partial charge in [0.15, 0.2) is 16.1 Å². The van der Waals surface area contributed by atoms with Gasteiger partial charge in [0, 0.05) is 13.2 Å².